The van der Waals surface area contributed by atoms with E-state index in [1.165, 1.54) is 6.07 Å². The summed E-state index contributed by atoms with van der Waals surface area (Å²) in [6, 6.07) is 10.00. The number of benzene rings is 1. The molecular weight excluding hydrogens is 363 g/mol. The predicted octanol–water partition coefficient (Wildman–Crippen LogP) is 4.23. The van der Waals surface area contributed by atoms with E-state index in [1.807, 2.05) is 10.8 Å². The maximum absolute atomic E-state index is 14.0. The van der Waals surface area contributed by atoms with E-state index in [0.29, 0.717) is 41.2 Å². The Morgan fingerprint density at radius 3 is 2.89 bits per heavy atom. The molecule has 0 saturated carbocycles. The summed E-state index contributed by atoms with van der Waals surface area (Å²) in [6.07, 6.45) is 5.25. The zero-order chi connectivity index (χ0) is 18.9. The summed E-state index contributed by atoms with van der Waals surface area (Å²) < 4.78 is 32.6. The van der Waals surface area contributed by atoms with Crippen LogP contribution < -0.4 is 0 Å². The van der Waals surface area contributed by atoms with Crippen LogP contribution in [0.4, 0.5) is 4.39 Å². The maximum Gasteiger partial charge on any atom is 0.255 e. The second-order valence-electron chi connectivity index (χ2n) is 6.57. The van der Waals surface area contributed by atoms with Gasteiger partial charge in [0.1, 0.15) is 17.7 Å². The number of furan rings is 1. The Bertz CT molecular complexity index is 1090. The molecule has 1 saturated heterocycles. The molecule has 5 rings (SSSR count). The minimum Gasteiger partial charge on any atom is -0.453 e. The summed E-state index contributed by atoms with van der Waals surface area (Å²) in [5, 5.41) is 4.04. The lowest BCUT2D eigenvalue weighted by Crippen LogP contribution is -2.03. The number of imidazole rings is 1. The Hall–Kier alpha value is -3.26. The van der Waals surface area contributed by atoms with Crippen LogP contribution >= 0.6 is 0 Å². The highest BCUT2D eigenvalue weighted by Gasteiger charge is 2.24. The average molecular weight is 380 g/mol. The van der Waals surface area contributed by atoms with Gasteiger partial charge in [0.15, 0.2) is 17.4 Å². The van der Waals surface area contributed by atoms with Crippen LogP contribution in [0.25, 0.3) is 22.9 Å². The fourth-order valence-corrected chi connectivity index (χ4v) is 3.31. The lowest BCUT2D eigenvalue weighted by Gasteiger charge is -2.03. The van der Waals surface area contributed by atoms with Gasteiger partial charge in [0.2, 0.25) is 0 Å². The SMILES string of the molecule is Fc1ccccc1-c1ccc(-c2nccn2Cc2noc([C@H]3CCCO3)n2)o1. The molecule has 1 aliphatic rings. The summed E-state index contributed by atoms with van der Waals surface area (Å²) in [6.45, 7) is 1.10. The van der Waals surface area contributed by atoms with Crippen LogP contribution in [0.1, 0.15) is 30.7 Å². The van der Waals surface area contributed by atoms with Gasteiger partial charge in [0.25, 0.3) is 5.89 Å². The molecule has 0 N–H and O–H groups in total. The van der Waals surface area contributed by atoms with Gasteiger partial charge < -0.3 is 18.2 Å². The number of halogens is 1. The molecule has 0 spiro atoms. The Balaban J connectivity index is 1.39. The van der Waals surface area contributed by atoms with E-state index in [9.17, 15) is 4.39 Å². The van der Waals surface area contributed by atoms with Crippen LogP contribution in [0.3, 0.4) is 0 Å². The quantitative estimate of drug-likeness (QED) is 0.515. The van der Waals surface area contributed by atoms with Crippen molar-refractivity contribution in [1.29, 1.82) is 0 Å². The van der Waals surface area contributed by atoms with Crippen LogP contribution in [0.5, 0.6) is 0 Å². The van der Waals surface area contributed by atoms with Crippen molar-refractivity contribution in [3.05, 3.63) is 66.3 Å². The van der Waals surface area contributed by atoms with E-state index < -0.39 is 0 Å². The second-order valence-corrected chi connectivity index (χ2v) is 6.57. The van der Waals surface area contributed by atoms with Crippen LogP contribution in [-0.4, -0.2) is 26.3 Å². The highest BCUT2D eigenvalue weighted by molar-refractivity contribution is 5.62. The molecule has 3 aromatic heterocycles. The molecule has 28 heavy (non-hydrogen) atoms. The van der Waals surface area contributed by atoms with Crippen molar-refractivity contribution < 1.29 is 18.1 Å². The van der Waals surface area contributed by atoms with E-state index in [-0.39, 0.29) is 11.9 Å². The Kier molecular flexibility index (Phi) is 4.25. The Labute approximate surface area is 159 Å². The molecule has 1 aliphatic heterocycles. The van der Waals surface area contributed by atoms with Gasteiger partial charge in [-0.2, -0.15) is 4.98 Å². The first-order chi connectivity index (χ1) is 13.8. The van der Waals surface area contributed by atoms with Gasteiger partial charge in [-0.25, -0.2) is 9.37 Å². The maximum atomic E-state index is 14.0. The largest absolute Gasteiger partial charge is 0.453 e. The molecule has 1 atom stereocenters. The highest BCUT2D eigenvalue weighted by Crippen LogP contribution is 2.30. The number of ether oxygens (including phenoxy) is 1. The Morgan fingerprint density at radius 2 is 2.04 bits per heavy atom. The summed E-state index contributed by atoms with van der Waals surface area (Å²) in [5.41, 5.74) is 0.409. The van der Waals surface area contributed by atoms with Crippen molar-refractivity contribution in [2.24, 2.45) is 0 Å². The minimum absolute atomic E-state index is 0.114. The summed E-state index contributed by atoms with van der Waals surface area (Å²) in [7, 11) is 0. The third-order valence-corrected chi connectivity index (χ3v) is 4.68. The van der Waals surface area contributed by atoms with Crippen molar-refractivity contribution in [3.63, 3.8) is 0 Å². The van der Waals surface area contributed by atoms with Gasteiger partial charge in [-0.05, 0) is 37.1 Å². The van der Waals surface area contributed by atoms with Crippen LogP contribution in [0.2, 0.25) is 0 Å². The average Bonchev–Trinajstić information content (AvgIpc) is 3.49. The number of hydrogen-bond donors (Lipinski definition) is 0. The van der Waals surface area contributed by atoms with Crippen molar-refractivity contribution in [2.75, 3.05) is 6.61 Å². The second kappa shape index (κ2) is 7.05. The first-order valence-corrected chi connectivity index (χ1v) is 9.08. The standard InChI is InChI=1S/C20H17FN4O3/c21-14-5-2-1-4-13(14)15-7-8-16(27-15)19-22-9-10-25(19)12-18-23-20(28-24-18)17-6-3-11-26-17/h1-2,4-5,7-10,17H,3,6,11-12H2/t17-/m1/s1. The van der Waals surface area contributed by atoms with E-state index in [2.05, 4.69) is 15.1 Å². The van der Waals surface area contributed by atoms with Crippen molar-refractivity contribution in [1.82, 2.24) is 19.7 Å². The molecule has 7 nitrogen and oxygen atoms in total. The monoisotopic (exact) mass is 380 g/mol. The van der Waals surface area contributed by atoms with Crippen LogP contribution in [0.15, 0.2) is 57.7 Å². The molecule has 0 radical (unpaired) electrons. The van der Waals surface area contributed by atoms with Gasteiger partial charge >= 0.3 is 0 Å². The number of hydrogen-bond acceptors (Lipinski definition) is 6. The third-order valence-electron chi connectivity index (χ3n) is 4.68. The highest BCUT2D eigenvalue weighted by atomic mass is 19.1. The van der Waals surface area contributed by atoms with E-state index in [1.54, 1.807) is 36.5 Å². The first kappa shape index (κ1) is 16.9. The first-order valence-electron chi connectivity index (χ1n) is 9.08. The predicted molar refractivity (Wildman–Crippen MR) is 96.7 cm³/mol. The number of rotatable bonds is 5. The van der Waals surface area contributed by atoms with Gasteiger partial charge in [-0.15, -0.1) is 0 Å². The minimum atomic E-state index is -0.333. The number of nitrogens with zero attached hydrogens (tertiary/aromatic N) is 4. The molecule has 142 valence electrons. The van der Waals surface area contributed by atoms with Gasteiger partial charge in [0.05, 0.1) is 12.1 Å². The summed E-state index contributed by atoms with van der Waals surface area (Å²) >= 11 is 0. The molecule has 1 fully saturated rings. The van der Waals surface area contributed by atoms with Crippen molar-refractivity contribution in [3.8, 4) is 22.9 Å². The fraction of sp³-hybridized carbons (Fsp3) is 0.250. The molecule has 0 bridgehead atoms. The number of aromatic nitrogens is 4. The molecule has 4 heterocycles. The lowest BCUT2D eigenvalue weighted by atomic mass is 10.1. The van der Waals surface area contributed by atoms with Crippen molar-refractivity contribution in [2.45, 2.75) is 25.5 Å². The molecule has 0 unspecified atom stereocenters. The van der Waals surface area contributed by atoms with Gasteiger partial charge in [-0.3, -0.25) is 0 Å². The van der Waals surface area contributed by atoms with E-state index in [4.69, 9.17) is 13.7 Å². The normalized spacial score (nSPS) is 16.7. The molecular formula is C20H17FN4O3. The summed E-state index contributed by atoms with van der Waals surface area (Å²) in [4.78, 5) is 8.80. The fourth-order valence-electron chi connectivity index (χ4n) is 3.31. The van der Waals surface area contributed by atoms with E-state index >= 15 is 0 Å². The molecule has 0 aliphatic carbocycles. The zero-order valence-corrected chi connectivity index (χ0v) is 14.9. The third kappa shape index (κ3) is 3.11. The zero-order valence-electron chi connectivity index (χ0n) is 14.9. The lowest BCUT2D eigenvalue weighted by molar-refractivity contribution is 0.0835. The molecule has 0 amide bonds. The van der Waals surface area contributed by atoms with Crippen LogP contribution in [0, 0.1) is 5.82 Å². The van der Waals surface area contributed by atoms with E-state index in [0.717, 1.165) is 19.4 Å². The summed E-state index contributed by atoms with van der Waals surface area (Å²) in [5.74, 6) is 2.29. The Morgan fingerprint density at radius 1 is 1.14 bits per heavy atom. The molecule has 4 aromatic rings. The topological polar surface area (TPSA) is 79.1 Å². The van der Waals surface area contributed by atoms with Crippen molar-refractivity contribution >= 4 is 0 Å². The van der Waals surface area contributed by atoms with Gasteiger partial charge in [-0.1, -0.05) is 17.3 Å². The smallest absolute Gasteiger partial charge is 0.255 e. The molecule has 1 aromatic carbocycles. The van der Waals surface area contributed by atoms with Crippen LogP contribution in [-0.2, 0) is 11.3 Å². The molecule has 8 heteroatoms. The van der Waals surface area contributed by atoms with Gasteiger partial charge in [0, 0.05) is 19.0 Å².